The van der Waals surface area contributed by atoms with Crippen molar-refractivity contribution in [2.24, 2.45) is 0 Å². The van der Waals surface area contributed by atoms with E-state index in [0.29, 0.717) is 16.7 Å². The van der Waals surface area contributed by atoms with Gasteiger partial charge in [0, 0.05) is 27.8 Å². The van der Waals surface area contributed by atoms with Crippen molar-refractivity contribution in [3.8, 4) is 5.75 Å². The number of rotatable bonds is 7. The van der Waals surface area contributed by atoms with Gasteiger partial charge in [-0.1, -0.05) is 66.5 Å². The summed E-state index contributed by atoms with van der Waals surface area (Å²) in [6.45, 7) is 3.32. The Morgan fingerprint density at radius 3 is 2.54 bits per heavy atom. The van der Waals surface area contributed by atoms with Gasteiger partial charge in [-0.3, -0.25) is 0 Å². The van der Waals surface area contributed by atoms with Crippen LogP contribution in [0.25, 0.3) is 0 Å². The first-order valence-corrected chi connectivity index (χ1v) is 9.38. The Labute approximate surface area is 164 Å². The summed E-state index contributed by atoms with van der Waals surface area (Å²) < 4.78 is 5.90. The lowest BCUT2D eigenvalue weighted by Crippen LogP contribution is -2.02. The molecule has 134 valence electrons. The largest absolute Gasteiger partial charge is 0.489 e. The van der Waals surface area contributed by atoms with Crippen LogP contribution in [0.2, 0.25) is 10.0 Å². The number of hydrogen-bond acceptors (Lipinski definition) is 2. The van der Waals surface area contributed by atoms with Crippen LogP contribution in [0.4, 0.5) is 5.69 Å². The second-order valence-electron chi connectivity index (χ2n) is 6.04. The number of anilines is 1. The van der Waals surface area contributed by atoms with E-state index in [2.05, 4.69) is 42.6 Å². The molecule has 4 heteroatoms. The number of ether oxygens (including phenoxy) is 1. The number of benzene rings is 3. The smallest absolute Gasteiger partial charge is 0.120 e. The Morgan fingerprint density at radius 2 is 1.73 bits per heavy atom. The highest BCUT2D eigenvalue weighted by Gasteiger charge is 2.04. The fourth-order valence-corrected chi connectivity index (χ4v) is 3.21. The molecule has 0 unspecified atom stereocenters. The van der Waals surface area contributed by atoms with Crippen molar-refractivity contribution in [1.82, 2.24) is 0 Å². The van der Waals surface area contributed by atoms with E-state index < -0.39 is 0 Å². The minimum Gasteiger partial charge on any atom is -0.489 e. The quantitative estimate of drug-likeness (QED) is 0.485. The maximum absolute atomic E-state index is 6.20. The predicted octanol–water partition coefficient (Wildman–Crippen LogP) is 6.75. The SMILES string of the molecule is CCc1ccccc1NCc1cccc(OCc2ccc(Cl)cc2Cl)c1. The molecule has 0 bridgehead atoms. The molecule has 3 aromatic carbocycles. The number of para-hydroxylation sites is 1. The van der Waals surface area contributed by atoms with Crippen LogP contribution in [0.3, 0.4) is 0 Å². The van der Waals surface area contributed by atoms with Gasteiger partial charge in [0.25, 0.3) is 0 Å². The molecule has 1 N–H and O–H groups in total. The number of hydrogen-bond donors (Lipinski definition) is 1. The zero-order valence-electron chi connectivity index (χ0n) is 14.6. The highest BCUT2D eigenvalue weighted by Crippen LogP contribution is 2.23. The van der Waals surface area contributed by atoms with E-state index in [9.17, 15) is 0 Å². The molecule has 0 fully saturated rings. The third-order valence-electron chi connectivity index (χ3n) is 4.19. The Bertz CT molecular complexity index is 880. The Hall–Kier alpha value is -2.16. The summed E-state index contributed by atoms with van der Waals surface area (Å²) in [4.78, 5) is 0. The van der Waals surface area contributed by atoms with E-state index in [1.165, 1.54) is 11.3 Å². The van der Waals surface area contributed by atoms with Crippen molar-refractivity contribution in [1.29, 1.82) is 0 Å². The molecule has 0 aliphatic carbocycles. The molecule has 2 nitrogen and oxygen atoms in total. The highest BCUT2D eigenvalue weighted by atomic mass is 35.5. The van der Waals surface area contributed by atoms with Crippen molar-refractivity contribution in [3.63, 3.8) is 0 Å². The van der Waals surface area contributed by atoms with Crippen molar-refractivity contribution >= 4 is 28.9 Å². The van der Waals surface area contributed by atoms with Gasteiger partial charge in [0.2, 0.25) is 0 Å². The summed E-state index contributed by atoms with van der Waals surface area (Å²) in [7, 11) is 0. The first-order valence-electron chi connectivity index (χ1n) is 8.63. The monoisotopic (exact) mass is 385 g/mol. The molecule has 0 aliphatic heterocycles. The topological polar surface area (TPSA) is 21.3 Å². The van der Waals surface area contributed by atoms with E-state index in [1.54, 1.807) is 6.07 Å². The Morgan fingerprint density at radius 1 is 0.885 bits per heavy atom. The van der Waals surface area contributed by atoms with Crippen LogP contribution in [0, 0.1) is 0 Å². The second-order valence-corrected chi connectivity index (χ2v) is 6.88. The molecule has 0 amide bonds. The summed E-state index contributed by atoms with van der Waals surface area (Å²) in [5.41, 5.74) is 4.57. The normalized spacial score (nSPS) is 10.6. The summed E-state index contributed by atoms with van der Waals surface area (Å²) >= 11 is 12.1. The van der Waals surface area contributed by atoms with Gasteiger partial charge in [0.15, 0.2) is 0 Å². The molecule has 0 atom stereocenters. The summed E-state index contributed by atoms with van der Waals surface area (Å²) in [5, 5.41) is 4.75. The zero-order valence-corrected chi connectivity index (χ0v) is 16.1. The van der Waals surface area contributed by atoms with Crippen LogP contribution in [-0.4, -0.2) is 0 Å². The van der Waals surface area contributed by atoms with Crippen molar-refractivity contribution in [2.45, 2.75) is 26.5 Å². The number of aryl methyl sites for hydroxylation is 1. The van der Waals surface area contributed by atoms with E-state index in [4.69, 9.17) is 27.9 Å². The lowest BCUT2D eigenvalue weighted by molar-refractivity contribution is 0.306. The summed E-state index contributed by atoms with van der Waals surface area (Å²) in [5.74, 6) is 0.819. The van der Waals surface area contributed by atoms with Crippen LogP contribution >= 0.6 is 23.2 Å². The molecular formula is C22H21Cl2NO. The molecule has 0 aliphatic rings. The van der Waals surface area contributed by atoms with E-state index in [0.717, 1.165) is 29.8 Å². The molecular weight excluding hydrogens is 365 g/mol. The van der Waals surface area contributed by atoms with Gasteiger partial charge in [-0.2, -0.15) is 0 Å². The van der Waals surface area contributed by atoms with Gasteiger partial charge < -0.3 is 10.1 Å². The number of halogens is 2. The average Bonchev–Trinajstić information content (AvgIpc) is 2.66. The summed E-state index contributed by atoms with van der Waals surface area (Å²) in [6.07, 6.45) is 1.01. The lowest BCUT2D eigenvalue weighted by Gasteiger charge is -2.12. The predicted molar refractivity (Wildman–Crippen MR) is 110 cm³/mol. The first kappa shape index (κ1) is 18.6. The maximum Gasteiger partial charge on any atom is 0.120 e. The van der Waals surface area contributed by atoms with Gasteiger partial charge in [0.1, 0.15) is 12.4 Å². The standard InChI is InChI=1S/C22H21Cl2NO/c1-2-17-7-3-4-9-22(17)25-14-16-6-5-8-20(12-16)26-15-18-10-11-19(23)13-21(18)24/h3-13,25H,2,14-15H2,1H3. The maximum atomic E-state index is 6.20. The second kappa shape index (κ2) is 8.98. The van der Waals surface area contributed by atoms with E-state index in [1.807, 2.05) is 30.3 Å². The van der Waals surface area contributed by atoms with Gasteiger partial charge in [-0.05, 0) is 47.9 Å². The van der Waals surface area contributed by atoms with Crippen molar-refractivity contribution in [2.75, 3.05) is 5.32 Å². The number of nitrogens with one attached hydrogen (secondary N) is 1. The van der Waals surface area contributed by atoms with Gasteiger partial charge >= 0.3 is 0 Å². The van der Waals surface area contributed by atoms with Crippen molar-refractivity contribution in [3.05, 3.63) is 93.5 Å². The van der Waals surface area contributed by atoms with Crippen molar-refractivity contribution < 1.29 is 4.74 Å². The minimum absolute atomic E-state index is 0.408. The average molecular weight is 386 g/mol. The molecule has 0 heterocycles. The first-order chi connectivity index (χ1) is 12.7. The minimum atomic E-state index is 0.408. The van der Waals surface area contributed by atoms with E-state index >= 15 is 0 Å². The fourth-order valence-electron chi connectivity index (χ4n) is 2.74. The lowest BCUT2D eigenvalue weighted by atomic mass is 10.1. The van der Waals surface area contributed by atoms with Crippen LogP contribution < -0.4 is 10.1 Å². The fraction of sp³-hybridized carbons (Fsp3) is 0.182. The van der Waals surface area contributed by atoms with Crippen LogP contribution in [0.5, 0.6) is 5.75 Å². The molecule has 26 heavy (non-hydrogen) atoms. The molecule has 3 rings (SSSR count). The van der Waals surface area contributed by atoms with Crippen LogP contribution in [0.1, 0.15) is 23.6 Å². The Kier molecular flexibility index (Phi) is 6.43. The van der Waals surface area contributed by atoms with Crippen LogP contribution in [0.15, 0.2) is 66.7 Å². The molecule has 0 saturated carbocycles. The summed E-state index contributed by atoms with van der Waals surface area (Å²) in [6, 6.07) is 21.9. The molecule has 0 aromatic heterocycles. The molecule has 3 aromatic rings. The third-order valence-corrected chi connectivity index (χ3v) is 4.78. The third kappa shape index (κ3) is 4.94. The highest BCUT2D eigenvalue weighted by molar-refractivity contribution is 6.35. The van der Waals surface area contributed by atoms with E-state index in [-0.39, 0.29) is 0 Å². The van der Waals surface area contributed by atoms with Gasteiger partial charge in [-0.15, -0.1) is 0 Å². The zero-order chi connectivity index (χ0) is 18.4. The van der Waals surface area contributed by atoms with Crippen LogP contribution in [-0.2, 0) is 19.6 Å². The molecule has 0 radical (unpaired) electrons. The Balaban J connectivity index is 1.62. The van der Waals surface area contributed by atoms with Gasteiger partial charge in [-0.25, -0.2) is 0 Å². The molecule has 0 spiro atoms. The molecule has 0 saturated heterocycles. The van der Waals surface area contributed by atoms with Gasteiger partial charge in [0.05, 0.1) is 0 Å².